The molecule has 2 rings (SSSR count). The van der Waals surface area contributed by atoms with Crippen LogP contribution in [0.2, 0.25) is 0 Å². The number of hydrogen-bond donors (Lipinski definition) is 1. The van der Waals surface area contributed by atoms with Crippen LogP contribution in [0, 0.1) is 11.3 Å². The van der Waals surface area contributed by atoms with E-state index in [2.05, 4.69) is 11.0 Å². The van der Waals surface area contributed by atoms with Crippen molar-refractivity contribution in [2.24, 2.45) is 0 Å². The molecule has 0 saturated carbocycles. The smallest absolute Gasteiger partial charge is 0.124 e. The second-order valence-electron chi connectivity index (χ2n) is 4.94. The van der Waals surface area contributed by atoms with E-state index in [4.69, 9.17) is 10.00 Å². The Morgan fingerprint density at radius 2 is 2.32 bits per heavy atom. The number of ether oxygens (including phenoxy) is 1. The lowest BCUT2D eigenvalue weighted by atomic mass is 10.0. The molecule has 0 aliphatic carbocycles. The Morgan fingerprint density at radius 1 is 1.47 bits per heavy atom. The van der Waals surface area contributed by atoms with Gasteiger partial charge in [-0.1, -0.05) is 12.5 Å². The molecule has 102 valence electrons. The first-order chi connectivity index (χ1) is 9.28. The van der Waals surface area contributed by atoms with Crippen LogP contribution in [0.4, 0.5) is 0 Å². The molecule has 1 aliphatic heterocycles. The zero-order valence-corrected chi connectivity index (χ0v) is 11.3. The highest BCUT2D eigenvalue weighted by molar-refractivity contribution is 5.42. The molecule has 0 amide bonds. The van der Waals surface area contributed by atoms with Crippen LogP contribution in [0.3, 0.4) is 0 Å². The van der Waals surface area contributed by atoms with Crippen LogP contribution in [0.15, 0.2) is 18.2 Å². The van der Waals surface area contributed by atoms with E-state index in [1.54, 1.807) is 13.2 Å². The van der Waals surface area contributed by atoms with Crippen LogP contribution in [0.5, 0.6) is 5.75 Å². The van der Waals surface area contributed by atoms with Crippen LogP contribution in [-0.4, -0.2) is 36.3 Å². The van der Waals surface area contributed by atoms with E-state index < -0.39 is 0 Å². The van der Waals surface area contributed by atoms with Crippen molar-refractivity contribution in [1.29, 1.82) is 5.26 Å². The average Bonchev–Trinajstić information content (AvgIpc) is 2.48. The van der Waals surface area contributed by atoms with Gasteiger partial charge in [0, 0.05) is 18.2 Å². The minimum Gasteiger partial charge on any atom is -0.496 e. The van der Waals surface area contributed by atoms with Gasteiger partial charge in [-0.05, 0) is 31.5 Å². The molecule has 1 aromatic rings. The van der Waals surface area contributed by atoms with Gasteiger partial charge in [-0.25, -0.2) is 0 Å². The molecule has 1 atom stereocenters. The van der Waals surface area contributed by atoms with Gasteiger partial charge in [0.1, 0.15) is 5.75 Å². The predicted molar refractivity (Wildman–Crippen MR) is 72.8 cm³/mol. The summed E-state index contributed by atoms with van der Waals surface area (Å²) in [5.74, 6) is 0.751. The van der Waals surface area contributed by atoms with Crippen molar-refractivity contribution in [1.82, 2.24) is 4.90 Å². The summed E-state index contributed by atoms with van der Waals surface area (Å²) in [4.78, 5) is 2.30. The van der Waals surface area contributed by atoms with Gasteiger partial charge in [0.2, 0.25) is 0 Å². The highest BCUT2D eigenvalue weighted by Crippen LogP contribution is 2.25. The number of hydrogen-bond acceptors (Lipinski definition) is 4. The van der Waals surface area contributed by atoms with Crippen molar-refractivity contribution in [2.45, 2.75) is 31.8 Å². The van der Waals surface area contributed by atoms with Crippen LogP contribution in [0.25, 0.3) is 0 Å². The van der Waals surface area contributed by atoms with Crippen molar-refractivity contribution < 1.29 is 9.84 Å². The van der Waals surface area contributed by atoms with E-state index in [1.165, 1.54) is 12.8 Å². The lowest BCUT2D eigenvalue weighted by Gasteiger charge is -2.34. The van der Waals surface area contributed by atoms with Crippen LogP contribution < -0.4 is 4.74 Å². The van der Waals surface area contributed by atoms with E-state index in [9.17, 15) is 5.11 Å². The molecule has 1 aliphatic rings. The fourth-order valence-electron chi connectivity index (χ4n) is 2.64. The Morgan fingerprint density at radius 3 is 3.00 bits per heavy atom. The van der Waals surface area contributed by atoms with Crippen LogP contribution in [0.1, 0.15) is 30.4 Å². The molecule has 1 N–H and O–H groups in total. The highest BCUT2D eigenvalue weighted by atomic mass is 16.5. The minimum absolute atomic E-state index is 0.207. The Balaban J connectivity index is 2.15. The first-order valence-electron chi connectivity index (χ1n) is 6.70. The lowest BCUT2D eigenvalue weighted by Crippen LogP contribution is -2.41. The summed E-state index contributed by atoms with van der Waals surface area (Å²) in [6.07, 6.45) is 3.41. The maximum Gasteiger partial charge on any atom is 0.124 e. The maximum atomic E-state index is 9.43. The van der Waals surface area contributed by atoms with Gasteiger partial charge in [0.05, 0.1) is 25.3 Å². The number of aliphatic hydroxyl groups excluding tert-OH is 1. The summed E-state index contributed by atoms with van der Waals surface area (Å²) in [6.45, 7) is 1.98. The van der Waals surface area contributed by atoms with Crippen LogP contribution in [-0.2, 0) is 6.54 Å². The van der Waals surface area contributed by atoms with E-state index in [0.717, 1.165) is 30.8 Å². The zero-order valence-electron chi connectivity index (χ0n) is 11.3. The predicted octanol–water partition coefficient (Wildman–Crippen LogP) is 1.91. The molecule has 4 nitrogen and oxygen atoms in total. The Bertz CT molecular complexity index is 468. The van der Waals surface area contributed by atoms with Gasteiger partial charge >= 0.3 is 0 Å². The summed E-state index contributed by atoms with van der Waals surface area (Å²) in [7, 11) is 1.62. The molecule has 0 spiro atoms. The third kappa shape index (κ3) is 3.25. The molecular weight excluding hydrogens is 240 g/mol. The summed E-state index contributed by atoms with van der Waals surface area (Å²) in [5, 5.41) is 18.3. The number of aliphatic hydroxyl groups is 1. The first kappa shape index (κ1) is 13.9. The van der Waals surface area contributed by atoms with Crippen molar-refractivity contribution in [3.8, 4) is 11.8 Å². The fraction of sp³-hybridized carbons (Fsp3) is 0.533. The Labute approximate surface area is 114 Å². The topological polar surface area (TPSA) is 56.5 Å². The molecule has 1 saturated heterocycles. The monoisotopic (exact) mass is 260 g/mol. The highest BCUT2D eigenvalue weighted by Gasteiger charge is 2.22. The quantitative estimate of drug-likeness (QED) is 0.898. The molecular formula is C15H20N2O2. The number of benzene rings is 1. The summed E-state index contributed by atoms with van der Waals surface area (Å²) < 4.78 is 5.36. The SMILES string of the molecule is COc1cc(C#N)ccc1CN1CCCC[C@@H]1CO. The van der Waals surface area contributed by atoms with Gasteiger partial charge in [0.25, 0.3) is 0 Å². The van der Waals surface area contributed by atoms with E-state index >= 15 is 0 Å². The molecule has 4 heteroatoms. The summed E-state index contributed by atoms with van der Waals surface area (Å²) in [5.41, 5.74) is 1.68. The molecule has 0 aromatic heterocycles. The largest absolute Gasteiger partial charge is 0.496 e. The maximum absolute atomic E-state index is 9.43. The van der Waals surface area contributed by atoms with Gasteiger partial charge in [-0.2, -0.15) is 5.26 Å². The fourth-order valence-corrected chi connectivity index (χ4v) is 2.64. The van der Waals surface area contributed by atoms with Gasteiger partial charge < -0.3 is 9.84 Å². The molecule has 1 fully saturated rings. The Kier molecular flexibility index (Phi) is 4.78. The normalized spacial score (nSPS) is 19.9. The number of nitriles is 1. The van der Waals surface area contributed by atoms with Crippen molar-refractivity contribution >= 4 is 0 Å². The molecule has 1 aromatic carbocycles. The van der Waals surface area contributed by atoms with E-state index in [1.807, 2.05) is 12.1 Å². The number of methoxy groups -OCH3 is 1. The third-order valence-corrected chi connectivity index (χ3v) is 3.75. The van der Waals surface area contributed by atoms with E-state index in [-0.39, 0.29) is 12.6 Å². The van der Waals surface area contributed by atoms with E-state index in [0.29, 0.717) is 5.56 Å². The molecule has 1 heterocycles. The average molecular weight is 260 g/mol. The molecule has 19 heavy (non-hydrogen) atoms. The van der Waals surface area contributed by atoms with Gasteiger partial charge in [0.15, 0.2) is 0 Å². The molecule has 0 bridgehead atoms. The standard InChI is InChI=1S/C15H20N2O2/c1-19-15-8-12(9-16)5-6-13(15)10-17-7-3-2-4-14(17)11-18/h5-6,8,14,18H,2-4,7,10-11H2,1H3/t14-/m1/s1. The van der Waals surface area contributed by atoms with Crippen molar-refractivity contribution in [2.75, 3.05) is 20.3 Å². The van der Waals surface area contributed by atoms with Gasteiger partial charge in [-0.3, -0.25) is 4.90 Å². The van der Waals surface area contributed by atoms with Crippen LogP contribution >= 0.6 is 0 Å². The third-order valence-electron chi connectivity index (χ3n) is 3.75. The van der Waals surface area contributed by atoms with Crippen molar-refractivity contribution in [3.63, 3.8) is 0 Å². The molecule has 0 radical (unpaired) electrons. The summed E-state index contributed by atoms with van der Waals surface area (Å²) in [6, 6.07) is 7.89. The van der Waals surface area contributed by atoms with Crippen molar-refractivity contribution in [3.05, 3.63) is 29.3 Å². The lowest BCUT2D eigenvalue weighted by molar-refractivity contribution is 0.0834. The second-order valence-corrected chi connectivity index (χ2v) is 4.94. The molecule has 0 unspecified atom stereocenters. The minimum atomic E-state index is 0.207. The second kappa shape index (κ2) is 6.55. The number of piperidine rings is 1. The number of likely N-dealkylation sites (tertiary alicyclic amines) is 1. The first-order valence-corrected chi connectivity index (χ1v) is 6.70. The number of rotatable bonds is 4. The number of nitrogens with zero attached hydrogens (tertiary/aromatic N) is 2. The zero-order chi connectivity index (χ0) is 13.7. The Hall–Kier alpha value is -1.57. The summed E-state index contributed by atoms with van der Waals surface area (Å²) >= 11 is 0. The van der Waals surface area contributed by atoms with Gasteiger partial charge in [-0.15, -0.1) is 0 Å².